The van der Waals surface area contributed by atoms with Crippen molar-refractivity contribution in [1.29, 1.82) is 0 Å². The second-order valence-corrected chi connectivity index (χ2v) is 5.58. The first kappa shape index (κ1) is 12.5. The molecule has 1 aliphatic heterocycles. The number of ether oxygens (including phenoxy) is 1. The fourth-order valence-corrected chi connectivity index (χ4v) is 3.04. The zero-order valence-electron chi connectivity index (χ0n) is 10.5. The highest BCUT2D eigenvalue weighted by atomic mass is 32.1. The fourth-order valence-electron chi connectivity index (χ4n) is 2.23. The third kappa shape index (κ3) is 2.91. The summed E-state index contributed by atoms with van der Waals surface area (Å²) in [6, 6.07) is 10.0. The van der Waals surface area contributed by atoms with E-state index in [1.807, 2.05) is 35.7 Å². The molecule has 4 heteroatoms. The van der Waals surface area contributed by atoms with Gasteiger partial charge in [0.2, 0.25) is 0 Å². The van der Waals surface area contributed by atoms with E-state index in [0.29, 0.717) is 13.0 Å². The molecule has 1 unspecified atom stereocenters. The van der Waals surface area contributed by atoms with Crippen LogP contribution >= 0.6 is 11.3 Å². The van der Waals surface area contributed by atoms with E-state index in [2.05, 4.69) is 4.98 Å². The molecular weight excluding hydrogens is 258 g/mol. The van der Waals surface area contributed by atoms with Crippen LogP contribution in [0.1, 0.15) is 17.8 Å². The molecule has 1 aliphatic rings. The monoisotopic (exact) mass is 273 g/mol. The molecule has 3 nitrogen and oxygen atoms in total. The summed E-state index contributed by atoms with van der Waals surface area (Å²) < 4.78 is 5.41. The highest BCUT2D eigenvalue weighted by molar-refractivity contribution is 7.10. The fraction of sp³-hybridized carbons (Fsp3) is 0.333. The van der Waals surface area contributed by atoms with E-state index in [1.54, 1.807) is 11.3 Å². The Morgan fingerprint density at radius 2 is 2.21 bits per heavy atom. The van der Waals surface area contributed by atoms with Gasteiger partial charge in [-0.1, -0.05) is 30.3 Å². The number of Topliss-reactive ketones (excluding diaryl/α,β-unsaturated/α-hetero) is 1. The van der Waals surface area contributed by atoms with Crippen LogP contribution in [0.5, 0.6) is 0 Å². The molecule has 19 heavy (non-hydrogen) atoms. The van der Waals surface area contributed by atoms with Crippen molar-refractivity contribution in [1.82, 2.24) is 4.98 Å². The molecule has 0 N–H and O–H groups in total. The molecule has 2 aromatic rings. The van der Waals surface area contributed by atoms with Gasteiger partial charge >= 0.3 is 0 Å². The molecule has 0 saturated carbocycles. The number of benzene rings is 1. The maximum Gasteiger partial charge on any atom is 0.168 e. The average molecular weight is 273 g/mol. The van der Waals surface area contributed by atoms with Gasteiger partial charge in [0, 0.05) is 17.6 Å². The quantitative estimate of drug-likeness (QED) is 0.859. The molecule has 0 amide bonds. The van der Waals surface area contributed by atoms with Gasteiger partial charge in [-0.05, 0) is 12.8 Å². The van der Waals surface area contributed by atoms with Gasteiger partial charge in [-0.15, -0.1) is 11.3 Å². The van der Waals surface area contributed by atoms with Gasteiger partial charge in [-0.25, -0.2) is 4.98 Å². The van der Waals surface area contributed by atoms with E-state index in [4.69, 9.17) is 4.74 Å². The lowest BCUT2D eigenvalue weighted by Crippen LogP contribution is -2.21. The van der Waals surface area contributed by atoms with Gasteiger partial charge in [-0.2, -0.15) is 0 Å². The SMILES string of the molecule is O=C(Cc1nc(-c2ccccc2)cs1)C1CCCO1. The Hall–Kier alpha value is -1.52. The minimum atomic E-state index is -0.205. The smallest absolute Gasteiger partial charge is 0.168 e. The van der Waals surface area contributed by atoms with E-state index < -0.39 is 0 Å². The Kier molecular flexibility index (Phi) is 3.71. The van der Waals surface area contributed by atoms with Crippen LogP contribution in [-0.2, 0) is 16.0 Å². The molecule has 0 radical (unpaired) electrons. The minimum absolute atomic E-state index is 0.159. The third-order valence-corrected chi connectivity index (χ3v) is 4.08. The van der Waals surface area contributed by atoms with Crippen LogP contribution in [0.25, 0.3) is 11.3 Å². The zero-order valence-corrected chi connectivity index (χ0v) is 11.4. The number of carbonyl (C=O) groups excluding carboxylic acids is 1. The molecule has 2 heterocycles. The Bertz CT molecular complexity index is 559. The molecule has 1 aromatic carbocycles. The van der Waals surface area contributed by atoms with Crippen LogP contribution in [0.4, 0.5) is 0 Å². The van der Waals surface area contributed by atoms with Crippen molar-refractivity contribution < 1.29 is 9.53 Å². The van der Waals surface area contributed by atoms with Crippen LogP contribution in [0, 0.1) is 0 Å². The number of carbonyl (C=O) groups is 1. The van der Waals surface area contributed by atoms with E-state index in [1.165, 1.54) is 0 Å². The van der Waals surface area contributed by atoms with Crippen LogP contribution < -0.4 is 0 Å². The number of ketones is 1. The van der Waals surface area contributed by atoms with Gasteiger partial charge in [0.1, 0.15) is 11.1 Å². The molecule has 0 aliphatic carbocycles. The van der Waals surface area contributed by atoms with Crippen molar-refractivity contribution in [2.24, 2.45) is 0 Å². The van der Waals surface area contributed by atoms with E-state index in [-0.39, 0.29) is 11.9 Å². The van der Waals surface area contributed by atoms with Crippen LogP contribution in [-0.4, -0.2) is 23.5 Å². The van der Waals surface area contributed by atoms with Gasteiger partial charge < -0.3 is 4.74 Å². The lowest BCUT2D eigenvalue weighted by molar-refractivity contribution is -0.127. The first-order chi connectivity index (χ1) is 9.33. The molecular formula is C15H15NO2S. The summed E-state index contributed by atoms with van der Waals surface area (Å²) in [7, 11) is 0. The van der Waals surface area contributed by atoms with Gasteiger partial charge in [0.15, 0.2) is 5.78 Å². The van der Waals surface area contributed by atoms with Crippen molar-refractivity contribution in [3.05, 3.63) is 40.7 Å². The lowest BCUT2D eigenvalue weighted by Gasteiger charge is -2.05. The van der Waals surface area contributed by atoms with E-state index in [9.17, 15) is 4.79 Å². The first-order valence-corrected chi connectivity index (χ1v) is 7.35. The second kappa shape index (κ2) is 5.63. The number of aromatic nitrogens is 1. The van der Waals surface area contributed by atoms with Gasteiger partial charge in [-0.3, -0.25) is 4.79 Å². The summed E-state index contributed by atoms with van der Waals surface area (Å²) in [5, 5.41) is 2.88. The highest BCUT2D eigenvalue weighted by Crippen LogP contribution is 2.23. The third-order valence-electron chi connectivity index (χ3n) is 3.24. The molecule has 98 valence electrons. The molecule has 0 spiro atoms. The summed E-state index contributed by atoms with van der Waals surface area (Å²) in [6.45, 7) is 0.712. The zero-order chi connectivity index (χ0) is 13.1. The van der Waals surface area contributed by atoms with Crippen LogP contribution in [0.3, 0.4) is 0 Å². The topological polar surface area (TPSA) is 39.2 Å². The lowest BCUT2D eigenvalue weighted by atomic mass is 10.1. The highest BCUT2D eigenvalue weighted by Gasteiger charge is 2.24. The summed E-state index contributed by atoms with van der Waals surface area (Å²) in [5.41, 5.74) is 2.04. The second-order valence-electron chi connectivity index (χ2n) is 4.64. The van der Waals surface area contributed by atoms with Gasteiger partial charge in [0.05, 0.1) is 12.1 Å². The molecule has 1 atom stereocenters. The molecule has 1 saturated heterocycles. The van der Waals surface area contributed by atoms with Crippen molar-refractivity contribution in [3.8, 4) is 11.3 Å². The number of thiazole rings is 1. The number of hydrogen-bond acceptors (Lipinski definition) is 4. The number of nitrogens with zero attached hydrogens (tertiary/aromatic N) is 1. The van der Waals surface area contributed by atoms with E-state index in [0.717, 1.165) is 29.1 Å². The molecule has 1 aromatic heterocycles. The average Bonchev–Trinajstić information content (AvgIpc) is 3.11. The largest absolute Gasteiger partial charge is 0.370 e. The summed E-state index contributed by atoms with van der Waals surface area (Å²) in [6.07, 6.45) is 2.03. The van der Waals surface area contributed by atoms with E-state index >= 15 is 0 Å². The maximum absolute atomic E-state index is 12.0. The van der Waals surface area contributed by atoms with Crippen molar-refractivity contribution in [2.45, 2.75) is 25.4 Å². The minimum Gasteiger partial charge on any atom is -0.370 e. The maximum atomic E-state index is 12.0. The van der Waals surface area contributed by atoms with Gasteiger partial charge in [0.25, 0.3) is 0 Å². The predicted molar refractivity (Wildman–Crippen MR) is 75.2 cm³/mol. The molecule has 3 rings (SSSR count). The van der Waals surface area contributed by atoms with Crippen LogP contribution in [0.2, 0.25) is 0 Å². The summed E-state index contributed by atoms with van der Waals surface area (Å²) in [5.74, 6) is 0.159. The normalized spacial score (nSPS) is 18.6. The molecule has 1 fully saturated rings. The Morgan fingerprint density at radius 1 is 1.37 bits per heavy atom. The summed E-state index contributed by atoms with van der Waals surface area (Å²) >= 11 is 1.54. The Balaban J connectivity index is 1.70. The number of rotatable bonds is 4. The number of hydrogen-bond donors (Lipinski definition) is 0. The van der Waals surface area contributed by atoms with Crippen molar-refractivity contribution >= 4 is 17.1 Å². The Labute approximate surface area is 116 Å². The molecule has 0 bridgehead atoms. The van der Waals surface area contributed by atoms with Crippen molar-refractivity contribution in [3.63, 3.8) is 0 Å². The first-order valence-electron chi connectivity index (χ1n) is 6.47. The Morgan fingerprint density at radius 3 is 2.95 bits per heavy atom. The van der Waals surface area contributed by atoms with Crippen molar-refractivity contribution in [2.75, 3.05) is 6.61 Å². The van der Waals surface area contributed by atoms with Crippen LogP contribution in [0.15, 0.2) is 35.7 Å². The standard InChI is InChI=1S/C15H15NO2S/c17-13(14-7-4-8-18-14)9-15-16-12(10-19-15)11-5-2-1-3-6-11/h1-3,5-6,10,14H,4,7-9H2. The summed E-state index contributed by atoms with van der Waals surface area (Å²) in [4.78, 5) is 16.5. The predicted octanol–water partition coefficient (Wildman–Crippen LogP) is 3.10.